The lowest BCUT2D eigenvalue weighted by Gasteiger charge is -2.21. The van der Waals surface area contributed by atoms with Crippen molar-refractivity contribution in [3.63, 3.8) is 0 Å². The number of phosphoric ester groups is 2. The molecular formula is C75H146O17P2. The number of phosphoric acid groups is 2. The number of carbonyl (C=O) groups excluding carboxylic acids is 4. The Balaban J connectivity index is 5.25. The second-order valence-electron chi connectivity index (χ2n) is 28.2. The predicted octanol–water partition coefficient (Wildman–Crippen LogP) is 21.8. The Morgan fingerprint density at radius 1 is 0.309 bits per heavy atom. The normalized spacial score (nSPS) is 14.4. The Hall–Kier alpha value is -1.94. The van der Waals surface area contributed by atoms with E-state index in [0.717, 1.165) is 114 Å². The number of aliphatic hydroxyl groups is 1. The van der Waals surface area contributed by atoms with Gasteiger partial charge in [-0.05, 0) is 43.4 Å². The van der Waals surface area contributed by atoms with Crippen molar-refractivity contribution in [1.29, 1.82) is 0 Å². The minimum atomic E-state index is -4.96. The zero-order valence-electron chi connectivity index (χ0n) is 61.4. The van der Waals surface area contributed by atoms with Crippen molar-refractivity contribution in [2.45, 2.75) is 401 Å². The number of unbranched alkanes of at least 4 members (excludes halogenated alkanes) is 40. The zero-order valence-corrected chi connectivity index (χ0v) is 63.2. The maximum Gasteiger partial charge on any atom is 0.472 e. The van der Waals surface area contributed by atoms with Crippen LogP contribution in [0, 0.1) is 17.8 Å². The van der Waals surface area contributed by atoms with E-state index in [-0.39, 0.29) is 25.7 Å². The molecule has 0 bridgehead atoms. The lowest BCUT2D eigenvalue weighted by atomic mass is 10.00. The van der Waals surface area contributed by atoms with Gasteiger partial charge in [-0.15, -0.1) is 0 Å². The molecule has 19 heteroatoms. The average Bonchev–Trinajstić information content (AvgIpc) is 1.26. The highest BCUT2D eigenvalue weighted by atomic mass is 31.2. The van der Waals surface area contributed by atoms with Crippen LogP contribution in [-0.4, -0.2) is 96.7 Å². The molecule has 0 amide bonds. The van der Waals surface area contributed by atoms with E-state index in [4.69, 9.17) is 37.0 Å². The van der Waals surface area contributed by atoms with Crippen LogP contribution in [0.1, 0.15) is 382 Å². The Bertz CT molecular complexity index is 1840. The quantitative estimate of drug-likeness (QED) is 0.0222. The van der Waals surface area contributed by atoms with Crippen molar-refractivity contribution in [2.75, 3.05) is 39.6 Å². The molecule has 558 valence electrons. The minimum absolute atomic E-state index is 0.104. The van der Waals surface area contributed by atoms with Gasteiger partial charge in [-0.2, -0.15) is 0 Å². The smallest absolute Gasteiger partial charge is 0.462 e. The molecule has 0 aliphatic heterocycles. The van der Waals surface area contributed by atoms with Crippen molar-refractivity contribution in [1.82, 2.24) is 0 Å². The van der Waals surface area contributed by atoms with Crippen molar-refractivity contribution < 1.29 is 80.2 Å². The van der Waals surface area contributed by atoms with Crippen LogP contribution in [0.5, 0.6) is 0 Å². The number of hydrogen-bond acceptors (Lipinski definition) is 15. The summed E-state index contributed by atoms with van der Waals surface area (Å²) in [6, 6.07) is 0. The van der Waals surface area contributed by atoms with E-state index in [1.807, 2.05) is 0 Å². The molecule has 0 rings (SSSR count). The molecule has 3 N–H and O–H groups in total. The molecule has 0 aliphatic carbocycles. The summed E-state index contributed by atoms with van der Waals surface area (Å²) in [6.45, 7) is 11.9. The number of rotatable bonds is 73. The monoisotopic (exact) mass is 1380 g/mol. The predicted molar refractivity (Wildman–Crippen MR) is 381 cm³/mol. The van der Waals surface area contributed by atoms with Gasteiger partial charge in [-0.25, -0.2) is 9.13 Å². The minimum Gasteiger partial charge on any atom is -0.462 e. The molecule has 0 saturated heterocycles. The highest BCUT2D eigenvalue weighted by molar-refractivity contribution is 7.47. The summed E-state index contributed by atoms with van der Waals surface area (Å²) in [5.74, 6) is 0.150. The number of hydrogen-bond donors (Lipinski definition) is 3. The van der Waals surface area contributed by atoms with Gasteiger partial charge in [0, 0.05) is 25.7 Å². The number of aliphatic hydroxyl groups excluding tert-OH is 1. The van der Waals surface area contributed by atoms with Crippen LogP contribution in [0.3, 0.4) is 0 Å². The summed E-state index contributed by atoms with van der Waals surface area (Å²) in [4.78, 5) is 72.8. The molecule has 0 saturated carbocycles. The van der Waals surface area contributed by atoms with Crippen LogP contribution in [0.25, 0.3) is 0 Å². The molecule has 0 aromatic carbocycles. The first kappa shape index (κ1) is 92.1. The largest absolute Gasteiger partial charge is 0.472 e. The van der Waals surface area contributed by atoms with Crippen LogP contribution in [0.15, 0.2) is 0 Å². The van der Waals surface area contributed by atoms with Gasteiger partial charge in [0.25, 0.3) is 0 Å². The van der Waals surface area contributed by atoms with E-state index in [0.29, 0.717) is 25.7 Å². The highest BCUT2D eigenvalue weighted by Gasteiger charge is 2.30. The van der Waals surface area contributed by atoms with Crippen molar-refractivity contribution in [3.8, 4) is 0 Å². The van der Waals surface area contributed by atoms with Crippen LogP contribution in [0.2, 0.25) is 0 Å². The second kappa shape index (κ2) is 65.7. The molecule has 0 fully saturated rings. The van der Waals surface area contributed by atoms with Gasteiger partial charge in [0.2, 0.25) is 0 Å². The van der Waals surface area contributed by atoms with Crippen LogP contribution >= 0.6 is 15.6 Å². The lowest BCUT2D eigenvalue weighted by Crippen LogP contribution is -2.30. The standard InChI is InChI=1S/C75H146O17P2/c1-8-10-11-12-13-14-15-16-21-24-29-34-42-49-56-72(77)85-62-70(91-74(79)58-51-44-35-30-25-22-19-17-18-20-23-27-32-39-46-53-66(3)4)64-89-93(81,82)87-60-69(76)61-88-94(83,84)90-65-71(63-86-73(78)57-50-43-38-37-41-48-55-68(7)9-2)92-75(80)59-52-45-36-31-26-28-33-40-47-54-67(5)6/h66-71,76H,8-65H2,1-7H3,(H,81,82)(H,83,84)/t68?,69-,70-,71-/m1/s1. The Morgan fingerprint density at radius 2 is 0.543 bits per heavy atom. The molecule has 0 spiro atoms. The van der Waals surface area contributed by atoms with Crippen molar-refractivity contribution >= 4 is 39.5 Å². The summed E-state index contributed by atoms with van der Waals surface area (Å²) in [7, 11) is -9.91. The van der Waals surface area contributed by atoms with Crippen LogP contribution in [0.4, 0.5) is 0 Å². The fourth-order valence-electron chi connectivity index (χ4n) is 11.4. The van der Waals surface area contributed by atoms with E-state index >= 15 is 0 Å². The van der Waals surface area contributed by atoms with Crippen LogP contribution in [-0.2, 0) is 65.4 Å². The average molecular weight is 1380 g/mol. The Kier molecular flexibility index (Phi) is 64.3. The molecule has 0 aliphatic rings. The maximum absolute atomic E-state index is 13.1. The summed E-state index contributed by atoms with van der Waals surface area (Å²) in [6.07, 6.45) is 51.3. The van der Waals surface area contributed by atoms with E-state index < -0.39 is 97.5 Å². The number of esters is 4. The van der Waals surface area contributed by atoms with Gasteiger partial charge in [-0.3, -0.25) is 37.3 Å². The first-order valence-corrected chi connectivity index (χ1v) is 41.9. The molecule has 17 nitrogen and oxygen atoms in total. The van der Waals surface area contributed by atoms with Gasteiger partial charge in [0.1, 0.15) is 19.3 Å². The second-order valence-corrected chi connectivity index (χ2v) is 31.1. The van der Waals surface area contributed by atoms with Gasteiger partial charge < -0.3 is 33.8 Å². The van der Waals surface area contributed by atoms with E-state index in [1.54, 1.807) is 0 Å². The third kappa shape index (κ3) is 67.3. The Labute approximate surface area is 575 Å². The van der Waals surface area contributed by atoms with Crippen molar-refractivity contribution in [2.24, 2.45) is 17.8 Å². The summed E-state index contributed by atoms with van der Waals surface area (Å²) in [5, 5.41) is 10.6. The lowest BCUT2D eigenvalue weighted by molar-refractivity contribution is -0.161. The molecule has 3 unspecified atom stereocenters. The molecule has 0 aromatic heterocycles. The third-order valence-electron chi connectivity index (χ3n) is 17.7. The number of ether oxygens (including phenoxy) is 4. The van der Waals surface area contributed by atoms with Crippen molar-refractivity contribution in [3.05, 3.63) is 0 Å². The molecular weight excluding hydrogens is 1230 g/mol. The Morgan fingerprint density at radius 3 is 0.809 bits per heavy atom. The summed E-state index contributed by atoms with van der Waals surface area (Å²) in [5.41, 5.74) is 0. The topological polar surface area (TPSA) is 237 Å². The first-order valence-electron chi connectivity index (χ1n) is 38.9. The third-order valence-corrected chi connectivity index (χ3v) is 19.6. The van der Waals surface area contributed by atoms with E-state index in [2.05, 4.69) is 48.5 Å². The highest BCUT2D eigenvalue weighted by Crippen LogP contribution is 2.45. The van der Waals surface area contributed by atoms with Gasteiger partial charge >= 0.3 is 39.5 Å². The summed E-state index contributed by atoms with van der Waals surface area (Å²) >= 11 is 0. The SMILES string of the molecule is CCCCCCCCCCCCCCCCC(=O)OC[C@H](COP(=O)(O)OC[C@@H](O)COP(=O)(O)OC[C@@H](COC(=O)CCCCCCCCC(C)CC)OC(=O)CCCCCCCCCCCC(C)C)OC(=O)CCCCCCCCCCCCCCCCCC(C)C. The van der Waals surface area contributed by atoms with Gasteiger partial charge in [0.05, 0.1) is 26.4 Å². The van der Waals surface area contributed by atoms with Gasteiger partial charge in [-0.1, -0.05) is 331 Å². The molecule has 6 atom stereocenters. The number of carbonyl (C=O) groups is 4. The molecule has 0 aromatic rings. The fraction of sp³-hybridized carbons (Fsp3) is 0.947. The first-order chi connectivity index (χ1) is 45.3. The summed E-state index contributed by atoms with van der Waals surface area (Å²) < 4.78 is 68.5. The molecule has 94 heavy (non-hydrogen) atoms. The zero-order chi connectivity index (χ0) is 69.4. The van der Waals surface area contributed by atoms with E-state index in [1.165, 1.54) is 186 Å². The fourth-order valence-corrected chi connectivity index (χ4v) is 13.0. The maximum atomic E-state index is 13.1. The molecule has 0 heterocycles. The van der Waals surface area contributed by atoms with E-state index in [9.17, 15) is 43.2 Å². The van der Waals surface area contributed by atoms with Crippen LogP contribution < -0.4 is 0 Å². The van der Waals surface area contributed by atoms with Gasteiger partial charge in [0.15, 0.2) is 12.2 Å². The molecule has 0 radical (unpaired) electrons.